The van der Waals surface area contributed by atoms with Crippen molar-refractivity contribution in [3.63, 3.8) is 0 Å². The van der Waals surface area contributed by atoms with Crippen molar-refractivity contribution in [3.8, 4) is 6.07 Å². The molecule has 5 heteroatoms. The standard InChI is InChI=1S/C24H25N3O2/c1-26(2)21-13-9-18(10-14-21)23(8-6-5-7-20(17-25)24(28)29)19-11-15-22(16-12-19)27(3)4/h5-16H,1-4H3,(H,28,29)/b6-5+,20-7-. The van der Waals surface area contributed by atoms with Crippen molar-refractivity contribution in [2.45, 2.75) is 0 Å². The smallest absolute Gasteiger partial charge is 0.346 e. The third-order valence-corrected chi connectivity index (χ3v) is 4.38. The van der Waals surface area contributed by atoms with Gasteiger partial charge < -0.3 is 14.9 Å². The van der Waals surface area contributed by atoms with Crippen molar-refractivity contribution in [1.29, 1.82) is 5.26 Å². The third kappa shape index (κ3) is 5.85. The number of hydrogen-bond acceptors (Lipinski definition) is 4. The van der Waals surface area contributed by atoms with Gasteiger partial charge in [0.05, 0.1) is 0 Å². The topological polar surface area (TPSA) is 67.6 Å². The fourth-order valence-corrected chi connectivity index (χ4v) is 2.70. The molecule has 0 aliphatic rings. The number of carboxylic acids is 1. The fraction of sp³-hybridized carbons (Fsp3) is 0.167. The average molecular weight is 387 g/mol. The highest BCUT2D eigenvalue weighted by atomic mass is 16.4. The number of aliphatic carboxylic acids is 1. The van der Waals surface area contributed by atoms with E-state index in [9.17, 15) is 4.79 Å². The molecule has 2 aromatic rings. The van der Waals surface area contributed by atoms with Gasteiger partial charge in [-0.1, -0.05) is 42.5 Å². The maximum absolute atomic E-state index is 10.9. The molecule has 0 unspecified atom stereocenters. The van der Waals surface area contributed by atoms with E-state index in [0.717, 1.165) is 28.1 Å². The molecule has 0 aliphatic heterocycles. The molecule has 0 amide bonds. The van der Waals surface area contributed by atoms with Crippen LogP contribution in [0.5, 0.6) is 0 Å². The molecule has 0 atom stereocenters. The summed E-state index contributed by atoms with van der Waals surface area (Å²) < 4.78 is 0. The molecule has 0 spiro atoms. The van der Waals surface area contributed by atoms with E-state index in [1.807, 2.05) is 44.1 Å². The highest BCUT2D eigenvalue weighted by Gasteiger charge is 2.07. The van der Waals surface area contributed by atoms with Gasteiger partial charge in [0, 0.05) is 39.6 Å². The molecular weight excluding hydrogens is 362 g/mol. The number of benzene rings is 2. The van der Waals surface area contributed by atoms with Crippen molar-refractivity contribution in [1.82, 2.24) is 0 Å². The van der Waals surface area contributed by atoms with E-state index in [-0.39, 0.29) is 5.57 Å². The van der Waals surface area contributed by atoms with Crippen LogP contribution in [0.1, 0.15) is 11.1 Å². The molecule has 2 rings (SSSR count). The number of carboxylic acid groups (broad SMARTS) is 1. The highest BCUT2D eigenvalue weighted by molar-refractivity contribution is 5.91. The Hall–Kier alpha value is -3.78. The molecule has 0 saturated heterocycles. The predicted molar refractivity (Wildman–Crippen MR) is 119 cm³/mol. The lowest BCUT2D eigenvalue weighted by Gasteiger charge is -2.15. The molecular formula is C24H25N3O2. The maximum atomic E-state index is 10.9. The van der Waals surface area contributed by atoms with E-state index >= 15 is 0 Å². The lowest BCUT2D eigenvalue weighted by molar-refractivity contribution is -0.132. The molecule has 0 bridgehead atoms. The Morgan fingerprint density at radius 2 is 1.24 bits per heavy atom. The minimum absolute atomic E-state index is 0.304. The van der Waals surface area contributed by atoms with Crippen molar-refractivity contribution >= 4 is 22.9 Å². The van der Waals surface area contributed by atoms with Gasteiger partial charge in [0.25, 0.3) is 0 Å². The van der Waals surface area contributed by atoms with Crippen LogP contribution in [0.25, 0.3) is 5.57 Å². The zero-order chi connectivity index (χ0) is 21.4. The van der Waals surface area contributed by atoms with Gasteiger partial charge in [-0.05, 0) is 47.0 Å². The summed E-state index contributed by atoms with van der Waals surface area (Å²) in [4.78, 5) is 15.0. The average Bonchev–Trinajstić information content (AvgIpc) is 2.70. The number of allylic oxidation sites excluding steroid dienone is 4. The largest absolute Gasteiger partial charge is 0.477 e. The Morgan fingerprint density at radius 1 is 0.828 bits per heavy atom. The van der Waals surface area contributed by atoms with Gasteiger partial charge in [-0.25, -0.2) is 4.79 Å². The summed E-state index contributed by atoms with van der Waals surface area (Å²) in [6.45, 7) is 0. The number of anilines is 2. The highest BCUT2D eigenvalue weighted by Crippen LogP contribution is 2.27. The Balaban J connectivity index is 2.45. The molecule has 1 N–H and O–H groups in total. The first-order valence-electron chi connectivity index (χ1n) is 9.11. The monoisotopic (exact) mass is 387 g/mol. The zero-order valence-corrected chi connectivity index (χ0v) is 17.1. The van der Waals surface area contributed by atoms with Gasteiger partial charge in [-0.3, -0.25) is 0 Å². The Labute approximate surface area is 172 Å². The van der Waals surface area contributed by atoms with Gasteiger partial charge in [0.1, 0.15) is 11.6 Å². The Morgan fingerprint density at radius 3 is 1.59 bits per heavy atom. The van der Waals surface area contributed by atoms with Crippen molar-refractivity contribution < 1.29 is 9.90 Å². The van der Waals surface area contributed by atoms with Gasteiger partial charge in [-0.2, -0.15) is 5.26 Å². The molecule has 0 fully saturated rings. The molecule has 5 nitrogen and oxygen atoms in total. The van der Waals surface area contributed by atoms with Crippen molar-refractivity contribution in [3.05, 3.63) is 89.5 Å². The quantitative estimate of drug-likeness (QED) is 0.435. The van der Waals surface area contributed by atoms with E-state index in [0.29, 0.717) is 0 Å². The molecule has 0 aromatic heterocycles. The number of rotatable bonds is 7. The predicted octanol–water partition coefficient (Wildman–Crippen LogP) is 4.34. The van der Waals surface area contributed by atoms with E-state index in [1.165, 1.54) is 6.08 Å². The Bertz CT molecular complexity index is 921. The SMILES string of the molecule is CN(C)c1ccc(C(=C/C=C/C=C(/C#N)C(=O)O)c2ccc(N(C)C)cc2)cc1. The first kappa shape index (κ1) is 21.5. The van der Waals surface area contributed by atoms with Crippen LogP contribution in [0.3, 0.4) is 0 Å². The van der Waals surface area contributed by atoms with Gasteiger partial charge in [-0.15, -0.1) is 0 Å². The molecule has 29 heavy (non-hydrogen) atoms. The van der Waals surface area contributed by atoms with Crippen molar-refractivity contribution in [2.24, 2.45) is 0 Å². The molecule has 0 saturated carbocycles. The van der Waals surface area contributed by atoms with Crippen LogP contribution in [-0.4, -0.2) is 39.3 Å². The number of hydrogen-bond donors (Lipinski definition) is 1. The molecule has 0 aliphatic carbocycles. The van der Waals surface area contributed by atoms with E-state index in [1.54, 1.807) is 18.2 Å². The van der Waals surface area contributed by atoms with E-state index in [4.69, 9.17) is 10.4 Å². The summed E-state index contributed by atoms with van der Waals surface area (Å²) in [7, 11) is 7.98. The lowest BCUT2D eigenvalue weighted by atomic mass is 9.96. The summed E-state index contributed by atoms with van der Waals surface area (Å²) in [5.74, 6) is -1.24. The second-order valence-corrected chi connectivity index (χ2v) is 6.85. The van der Waals surface area contributed by atoms with Crippen LogP contribution in [0.15, 0.2) is 78.4 Å². The van der Waals surface area contributed by atoms with E-state index < -0.39 is 5.97 Å². The van der Waals surface area contributed by atoms with Crippen LogP contribution in [0, 0.1) is 11.3 Å². The number of nitriles is 1. The summed E-state index contributed by atoms with van der Waals surface area (Å²) in [6, 6.07) is 18.1. The first-order chi connectivity index (χ1) is 13.8. The number of carbonyl (C=O) groups is 1. The van der Waals surface area contributed by atoms with Crippen LogP contribution >= 0.6 is 0 Å². The van der Waals surface area contributed by atoms with Crippen LogP contribution in [-0.2, 0) is 4.79 Å². The summed E-state index contributed by atoms with van der Waals surface area (Å²) in [5.41, 5.74) is 4.99. The summed E-state index contributed by atoms with van der Waals surface area (Å²) in [5, 5.41) is 17.8. The third-order valence-electron chi connectivity index (χ3n) is 4.38. The fourth-order valence-electron chi connectivity index (χ4n) is 2.70. The molecule has 148 valence electrons. The van der Waals surface area contributed by atoms with Gasteiger partial charge in [0.15, 0.2) is 0 Å². The second-order valence-electron chi connectivity index (χ2n) is 6.85. The minimum atomic E-state index is -1.24. The van der Waals surface area contributed by atoms with Crippen LogP contribution in [0.2, 0.25) is 0 Å². The Kier molecular flexibility index (Phi) is 7.39. The second kappa shape index (κ2) is 9.95. The van der Waals surface area contributed by atoms with E-state index in [2.05, 4.69) is 48.5 Å². The minimum Gasteiger partial charge on any atom is -0.477 e. The van der Waals surface area contributed by atoms with Crippen LogP contribution in [0.4, 0.5) is 11.4 Å². The van der Waals surface area contributed by atoms with Crippen LogP contribution < -0.4 is 9.80 Å². The summed E-state index contributed by atoms with van der Waals surface area (Å²) >= 11 is 0. The normalized spacial score (nSPS) is 11.1. The lowest BCUT2D eigenvalue weighted by Crippen LogP contribution is -2.08. The zero-order valence-electron chi connectivity index (χ0n) is 17.1. The first-order valence-corrected chi connectivity index (χ1v) is 9.11. The van der Waals surface area contributed by atoms with Crippen molar-refractivity contribution in [2.75, 3.05) is 38.0 Å². The molecule has 0 radical (unpaired) electrons. The maximum Gasteiger partial charge on any atom is 0.346 e. The summed E-state index contributed by atoms with van der Waals surface area (Å²) in [6.07, 6.45) is 6.52. The van der Waals surface area contributed by atoms with Gasteiger partial charge in [0.2, 0.25) is 0 Å². The van der Waals surface area contributed by atoms with Gasteiger partial charge >= 0.3 is 5.97 Å². The molecule has 0 heterocycles. The molecule has 2 aromatic carbocycles. The number of nitrogens with zero attached hydrogens (tertiary/aromatic N) is 3.